The number of hydrogen-bond acceptors (Lipinski definition) is 6. The van der Waals surface area contributed by atoms with Gasteiger partial charge in [0, 0.05) is 34.5 Å². The lowest BCUT2D eigenvalue weighted by molar-refractivity contribution is -0.132. The number of carbonyl (C=O) groups excluding carboxylic acids is 2. The summed E-state index contributed by atoms with van der Waals surface area (Å²) in [5.74, 6) is 1.21. The van der Waals surface area contributed by atoms with Gasteiger partial charge in [0.2, 0.25) is 23.6 Å². The highest BCUT2D eigenvalue weighted by atomic mass is 35.5. The number of para-hydroxylation sites is 1. The molecule has 2 amide bonds. The minimum absolute atomic E-state index is 0.0118. The number of nitrogens with zero attached hydrogens (tertiary/aromatic N) is 4. The zero-order chi connectivity index (χ0) is 22.1. The second-order valence-corrected chi connectivity index (χ2v) is 9.27. The molecule has 164 valence electrons. The highest BCUT2D eigenvalue weighted by molar-refractivity contribution is 8.00. The van der Waals surface area contributed by atoms with Gasteiger partial charge in [-0.25, -0.2) is 0 Å². The molecule has 2 heterocycles. The van der Waals surface area contributed by atoms with Gasteiger partial charge in [0.1, 0.15) is 0 Å². The smallest absolute Gasteiger partial charge is 0.247 e. The van der Waals surface area contributed by atoms with Crippen molar-refractivity contribution >= 4 is 40.9 Å². The summed E-state index contributed by atoms with van der Waals surface area (Å²) < 4.78 is 5.80. The summed E-state index contributed by atoms with van der Waals surface area (Å²) in [5.41, 5.74) is 1.65. The Balaban J connectivity index is 1.26. The topological polar surface area (TPSA) is 79.5 Å². The van der Waals surface area contributed by atoms with Gasteiger partial charge in [-0.3, -0.25) is 9.59 Å². The molecule has 0 unspecified atom stereocenters. The molecular formula is C23H21ClN4O3S. The molecule has 1 saturated carbocycles. The summed E-state index contributed by atoms with van der Waals surface area (Å²) in [5, 5.41) is 8.87. The van der Waals surface area contributed by atoms with E-state index in [0.717, 1.165) is 29.0 Å². The van der Waals surface area contributed by atoms with Crippen LogP contribution in [0, 0.1) is 0 Å². The average Bonchev–Trinajstić information content (AvgIpc) is 3.54. The molecule has 9 heteroatoms. The molecule has 3 aromatic rings. The number of benzene rings is 2. The number of thioether (sulfide) groups is 1. The number of hydrogen-bond donors (Lipinski definition) is 0. The highest BCUT2D eigenvalue weighted by Gasteiger charge is 2.34. The lowest BCUT2D eigenvalue weighted by Gasteiger charge is -2.29. The van der Waals surface area contributed by atoms with E-state index in [1.165, 1.54) is 11.8 Å². The molecule has 0 N–H and O–H groups in total. The third-order valence-corrected chi connectivity index (χ3v) is 6.83. The van der Waals surface area contributed by atoms with Gasteiger partial charge in [0.25, 0.3) is 0 Å². The van der Waals surface area contributed by atoms with Crippen LogP contribution in [0.3, 0.4) is 0 Å². The Labute approximate surface area is 194 Å². The SMILES string of the molecule is O=C1CSc2ccccc2N1CCC(=O)N(Cc1nnc(-c2ccc(Cl)cc2)o1)C1CC1. The fourth-order valence-corrected chi connectivity index (χ4v) is 4.79. The summed E-state index contributed by atoms with van der Waals surface area (Å²) in [4.78, 5) is 30.1. The average molecular weight is 469 g/mol. The van der Waals surface area contributed by atoms with Crippen molar-refractivity contribution in [1.29, 1.82) is 0 Å². The molecule has 0 atom stereocenters. The quantitative estimate of drug-likeness (QED) is 0.511. The van der Waals surface area contributed by atoms with Crippen LogP contribution in [0.2, 0.25) is 5.02 Å². The second-order valence-electron chi connectivity index (χ2n) is 7.81. The first kappa shape index (κ1) is 21.0. The number of fused-ring (bicyclic) bond motifs is 1. The maximum atomic E-state index is 13.1. The van der Waals surface area contributed by atoms with E-state index in [9.17, 15) is 9.59 Å². The Hall–Kier alpha value is -2.84. The molecular weight excluding hydrogens is 448 g/mol. The molecule has 2 aliphatic rings. The van der Waals surface area contributed by atoms with Crippen LogP contribution in [0.25, 0.3) is 11.5 Å². The Morgan fingerprint density at radius 1 is 1.16 bits per heavy atom. The highest BCUT2D eigenvalue weighted by Crippen LogP contribution is 2.35. The Morgan fingerprint density at radius 2 is 1.94 bits per heavy atom. The predicted octanol–water partition coefficient (Wildman–Crippen LogP) is 4.41. The van der Waals surface area contributed by atoms with Crippen molar-refractivity contribution < 1.29 is 14.0 Å². The predicted molar refractivity (Wildman–Crippen MR) is 122 cm³/mol. The van der Waals surface area contributed by atoms with E-state index >= 15 is 0 Å². The van der Waals surface area contributed by atoms with Crippen LogP contribution in [0.15, 0.2) is 57.8 Å². The molecule has 0 bridgehead atoms. The van der Waals surface area contributed by atoms with Crippen LogP contribution in [0.5, 0.6) is 0 Å². The van der Waals surface area contributed by atoms with Crippen LogP contribution in [-0.4, -0.2) is 45.3 Å². The lowest BCUT2D eigenvalue weighted by atomic mass is 10.2. The third kappa shape index (κ3) is 4.52. The molecule has 1 aliphatic heterocycles. The van der Waals surface area contributed by atoms with E-state index in [1.54, 1.807) is 21.9 Å². The Kier molecular flexibility index (Phi) is 5.89. The van der Waals surface area contributed by atoms with Gasteiger partial charge in [0.15, 0.2) is 0 Å². The van der Waals surface area contributed by atoms with Crippen molar-refractivity contribution in [2.24, 2.45) is 0 Å². The number of rotatable bonds is 7. The van der Waals surface area contributed by atoms with E-state index in [2.05, 4.69) is 10.2 Å². The molecule has 1 aromatic heterocycles. The number of halogens is 1. The van der Waals surface area contributed by atoms with Crippen molar-refractivity contribution in [3.63, 3.8) is 0 Å². The number of anilines is 1. The van der Waals surface area contributed by atoms with Crippen molar-refractivity contribution in [3.8, 4) is 11.5 Å². The van der Waals surface area contributed by atoms with Crippen molar-refractivity contribution in [2.45, 2.75) is 36.7 Å². The number of carbonyl (C=O) groups is 2. The molecule has 0 spiro atoms. The fourth-order valence-electron chi connectivity index (χ4n) is 3.73. The van der Waals surface area contributed by atoms with Crippen LogP contribution in [0.4, 0.5) is 5.69 Å². The summed E-state index contributed by atoms with van der Waals surface area (Å²) in [6.45, 7) is 0.628. The summed E-state index contributed by atoms with van der Waals surface area (Å²) in [7, 11) is 0. The minimum Gasteiger partial charge on any atom is -0.419 e. The summed E-state index contributed by atoms with van der Waals surface area (Å²) in [6.07, 6.45) is 2.18. The molecule has 1 fully saturated rings. The molecule has 0 radical (unpaired) electrons. The van der Waals surface area contributed by atoms with E-state index in [1.807, 2.05) is 36.4 Å². The lowest BCUT2D eigenvalue weighted by Crippen LogP contribution is -2.40. The first-order chi connectivity index (χ1) is 15.6. The summed E-state index contributed by atoms with van der Waals surface area (Å²) >= 11 is 7.47. The minimum atomic E-state index is -0.0118. The molecule has 5 rings (SSSR count). The normalized spacial score (nSPS) is 15.5. The van der Waals surface area contributed by atoms with Crippen molar-refractivity contribution in [2.75, 3.05) is 17.2 Å². The largest absolute Gasteiger partial charge is 0.419 e. The zero-order valence-corrected chi connectivity index (χ0v) is 18.8. The first-order valence-corrected chi connectivity index (χ1v) is 11.8. The van der Waals surface area contributed by atoms with Crippen molar-refractivity contribution in [3.05, 3.63) is 59.4 Å². The monoisotopic (exact) mass is 468 g/mol. The van der Waals surface area contributed by atoms with Gasteiger partial charge in [0.05, 0.1) is 18.0 Å². The fraction of sp³-hybridized carbons (Fsp3) is 0.304. The van der Waals surface area contributed by atoms with Gasteiger partial charge < -0.3 is 14.2 Å². The molecule has 1 aliphatic carbocycles. The van der Waals surface area contributed by atoms with Crippen LogP contribution >= 0.6 is 23.4 Å². The van der Waals surface area contributed by atoms with Gasteiger partial charge in [-0.05, 0) is 49.2 Å². The van der Waals surface area contributed by atoms with Crippen LogP contribution in [0.1, 0.15) is 25.2 Å². The number of aromatic nitrogens is 2. The number of amides is 2. The molecule has 7 nitrogen and oxygen atoms in total. The first-order valence-electron chi connectivity index (χ1n) is 10.5. The molecule has 2 aromatic carbocycles. The van der Waals surface area contributed by atoms with E-state index < -0.39 is 0 Å². The van der Waals surface area contributed by atoms with E-state index in [-0.39, 0.29) is 30.8 Å². The Morgan fingerprint density at radius 3 is 2.72 bits per heavy atom. The Bertz CT molecular complexity index is 1150. The summed E-state index contributed by atoms with van der Waals surface area (Å²) in [6, 6.07) is 15.2. The van der Waals surface area contributed by atoms with Gasteiger partial charge in [-0.2, -0.15) is 0 Å². The van der Waals surface area contributed by atoms with Crippen molar-refractivity contribution in [1.82, 2.24) is 15.1 Å². The van der Waals surface area contributed by atoms with Gasteiger partial charge in [-0.1, -0.05) is 23.7 Å². The third-order valence-electron chi connectivity index (χ3n) is 5.53. The molecule has 0 saturated heterocycles. The van der Waals surface area contributed by atoms with Gasteiger partial charge >= 0.3 is 0 Å². The second kappa shape index (κ2) is 8.96. The van der Waals surface area contributed by atoms with Crippen LogP contribution in [-0.2, 0) is 16.1 Å². The maximum Gasteiger partial charge on any atom is 0.247 e. The van der Waals surface area contributed by atoms with Crippen LogP contribution < -0.4 is 4.90 Å². The maximum absolute atomic E-state index is 13.1. The molecule has 32 heavy (non-hydrogen) atoms. The standard InChI is InChI=1S/C23H21ClN4O3S/c24-16-7-5-15(6-8-16)23-26-25-20(31-23)13-28(17-9-10-17)21(29)11-12-27-18-3-1-2-4-19(18)32-14-22(27)30/h1-8,17H,9-14H2. The zero-order valence-electron chi connectivity index (χ0n) is 17.2. The van der Waals surface area contributed by atoms with E-state index in [0.29, 0.717) is 29.1 Å². The van der Waals surface area contributed by atoms with Gasteiger partial charge in [-0.15, -0.1) is 22.0 Å². The van der Waals surface area contributed by atoms with E-state index in [4.69, 9.17) is 16.0 Å².